The molecule has 0 aliphatic heterocycles. The van der Waals surface area contributed by atoms with E-state index in [1.54, 1.807) is 0 Å². The first-order valence-corrected chi connectivity index (χ1v) is 20.9. The summed E-state index contributed by atoms with van der Waals surface area (Å²) in [5.74, 6) is 0. The lowest BCUT2D eigenvalue weighted by molar-refractivity contribution is 1.29. The van der Waals surface area contributed by atoms with Gasteiger partial charge in [-0.15, -0.1) is 22.7 Å². The van der Waals surface area contributed by atoms with Crippen LogP contribution in [-0.2, 0) is 0 Å². The normalized spacial score (nSPS) is 11.9. The van der Waals surface area contributed by atoms with Crippen molar-refractivity contribution in [2.75, 3.05) is 4.90 Å². The Morgan fingerprint density at radius 2 is 0.825 bits per heavy atom. The van der Waals surface area contributed by atoms with E-state index >= 15 is 0 Å². The van der Waals surface area contributed by atoms with Gasteiger partial charge in [0.2, 0.25) is 0 Å². The molecule has 0 bridgehead atoms. The summed E-state index contributed by atoms with van der Waals surface area (Å²) in [6, 6.07) is 69.1. The number of thiophene rings is 2. The largest absolute Gasteiger partial charge is 0.310 e. The Kier molecular flexibility index (Phi) is 7.31. The molecule has 0 N–H and O–H groups in total. The lowest BCUT2D eigenvalue weighted by atomic mass is 9.99. The molecule has 9 aromatic carbocycles. The van der Waals surface area contributed by atoms with Crippen LogP contribution in [0.5, 0.6) is 0 Å². The van der Waals surface area contributed by atoms with E-state index in [1.807, 2.05) is 34.9 Å². The average molecular weight is 761 g/mol. The maximum absolute atomic E-state index is 4.49. The molecule has 12 rings (SSSR count). The predicted octanol–water partition coefficient (Wildman–Crippen LogP) is 16.1. The van der Waals surface area contributed by atoms with Crippen molar-refractivity contribution >= 4 is 113 Å². The Morgan fingerprint density at radius 1 is 0.333 bits per heavy atom. The van der Waals surface area contributed by atoms with Crippen LogP contribution in [0.25, 0.3) is 95.0 Å². The van der Waals surface area contributed by atoms with Crippen LogP contribution in [0.2, 0.25) is 0 Å². The van der Waals surface area contributed by atoms with Gasteiger partial charge in [-0.05, 0) is 111 Å². The highest BCUT2D eigenvalue weighted by molar-refractivity contribution is 7.27. The summed E-state index contributed by atoms with van der Waals surface area (Å²) in [6.07, 6.45) is 1.84. The molecule has 0 aliphatic rings. The second-order valence-corrected chi connectivity index (χ2v) is 16.9. The highest BCUT2D eigenvalue weighted by atomic mass is 32.1. The van der Waals surface area contributed by atoms with Gasteiger partial charge in [0.05, 0.1) is 5.52 Å². The summed E-state index contributed by atoms with van der Waals surface area (Å²) in [4.78, 5) is 6.90. The van der Waals surface area contributed by atoms with E-state index in [-0.39, 0.29) is 0 Å². The Bertz CT molecular complexity index is 3370. The SMILES string of the molecule is c1cnc2ccc(-c3ccc(-c4ccc(N(c5ccc6c(ccc7c8ccccc8sc67)c5)c5ccc6c(ccc7c8ccccc8sc67)c5)cc4)cc3)cc2c1. The fourth-order valence-corrected chi connectivity index (χ4v) is 11.1. The minimum Gasteiger partial charge on any atom is -0.310 e. The van der Waals surface area contributed by atoms with Gasteiger partial charge in [-0.2, -0.15) is 0 Å². The summed E-state index contributed by atoms with van der Waals surface area (Å²) in [5.41, 5.74) is 9.16. The molecule has 4 heteroatoms. The molecular weight excluding hydrogens is 729 g/mol. The van der Waals surface area contributed by atoms with Gasteiger partial charge in [0.15, 0.2) is 0 Å². The maximum atomic E-state index is 4.49. The molecule has 2 nitrogen and oxygen atoms in total. The number of benzene rings is 9. The molecule has 12 aromatic rings. The quantitative estimate of drug-likeness (QED) is 0.174. The van der Waals surface area contributed by atoms with Crippen LogP contribution in [0, 0.1) is 0 Å². The van der Waals surface area contributed by atoms with Crippen LogP contribution in [-0.4, -0.2) is 4.98 Å². The van der Waals surface area contributed by atoms with Crippen molar-refractivity contribution in [3.63, 3.8) is 0 Å². The van der Waals surface area contributed by atoms with Crippen LogP contribution < -0.4 is 4.90 Å². The number of rotatable bonds is 5. The fourth-order valence-electron chi connectivity index (χ4n) is 8.64. The van der Waals surface area contributed by atoms with E-state index in [0.717, 1.165) is 28.0 Å². The lowest BCUT2D eigenvalue weighted by Crippen LogP contribution is -2.09. The molecule has 0 saturated carbocycles. The number of pyridine rings is 1. The summed E-state index contributed by atoms with van der Waals surface area (Å²) in [6.45, 7) is 0. The smallest absolute Gasteiger partial charge is 0.0702 e. The zero-order valence-electron chi connectivity index (χ0n) is 30.7. The zero-order chi connectivity index (χ0) is 37.5. The molecule has 57 heavy (non-hydrogen) atoms. The third-order valence-corrected chi connectivity index (χ3v) is 13.9. The Hall–Kier alpha value is -6.85. The van der Waals surface area contributed by atoms with Gasteiger partial charge in [0.25, 0.3) is 0 Å². The maximum Gasteiger partial charge on any atom is 0.0702 e. The van der Waals surface area contributed by atoms with Crippen LogP contribution in [0.3, 0.4) is 0 Å². The van der Waals surface area contributed by atoms with Gasteiger partial charge in [-0.3, -0.25) is 4.98 Å². The molecule has 3 heterocycles. The fraction of sp³-hybridized carbons (Fsp3) is 0. The van der Waals surface area contributed by atoms with Crippen LogP contribution in [0.4, 0.5) is 17.1 Å². The summed E-state index contributed by atoms with van der Waals surface area (Å²) < 4.78 is 5.35. The van der Waals surface area contributed by atoms with E-state index < -0.39 is 0 Å². The van der Waals surface area contributed by atoms with Crippen molar-refractivity contribution < 1.29 is 0 Å². The van der Waals surface area contributed by atoms with Gasteiger partial charge < -0.3 is 4.90 Å². The van der Waals surface area contributed by atoms with Gasteiger partial charge in [0.1, 0.15) is 0 Å². The van der Waals surface area contributed by atoms with Gasteiger partial charge in [-0.1, -0.05) is 121 Å². The number of anilines is 3. The highest BCUT2D eigenvalue weighted by Crippen LogP contribution is 2.44. The number of hydrogen-bond donors (Lipinski definition) is 0. The standard InChI is InChI=1S/C53H32N2S2/c1-3-9-50-45(7-1)47-24-17-37-31-41(22-26-43(37)52(47)56-50)55(42-23-27-44-38(32-42)18-25-48-46-8-2-4-10-51(46)57-53(44)48)40-20-15-34(16-21-40)33-11-13-35(14-12-33)36-19-28-49-39(30-36)6-5-29-54-49/h1-32H. The van der Waals surface area contributed by atoms with Gasteiger partial charge >= 0.3 is 0 Å². The van der Waals surface area contributed by atoms with Crippen molar-refractivity contribution in [2.45, 2.75) is 0 Å². The zero-order valence-corrected chi connectivity index (χ0v) is 32.3. The molecule has 0 atom stereocenters. The Morgan fingerprint density at radius 3 is 1.42 bits per heavy atom. The van der Waals surface area contributed by atoms with E-state index in [2.05, 4.69) is 192 Å². The number of aromatic nitrogens is 1. The third-order valence-electron chi connectivity index (χ3n) is 11.5. The van der Waals surface area contributed by atoms with Crippen molar-refractivity contribution in [1.82, 2.24) is 4.98 Å². The third kappa shape index (κ3) is 5.33. The summed E-state index contributed by atoms with van der Waals surface area (Å²) in [5, 5.41) is 11.5. The second kappa shape index (κ2) is 12.9. The monoisotopic (exact) mass is 760 g/mol. The van der Waals surface area contributed by atoms with Gasteiger partial charge in [0, 0.05) is 69.0 Å². The minimum absolute atomic E-state index is 1.02. The minimum atomic E-state index is 1.02. The molecule has 0 aliphatic carbocycles. The summed E-state index contributed by atoms with van der Waals surface area (Å²) >= 11 is 3.77. The van der Waals surface area contributed by atoms with E-state index in [0.29, 0.717) is 0 Å². The Labute approximate surface area is 337 Å². The van der Waals surface area contributed by atoms with E-state index in [1.165, 1.54) is 84.1 Å². The van der Waals surface area contributed by atoms with Gasteiger partial charge in [-0.25, -0.2) is 0 Å². The molecule has 0 spiro atoms. The van der Waals surface area contributed by atoms with E-state index in [9.17, 15) is 0 Å². The number of hydrogen-bond acceptors (Lipinski definition) is 4. The first kappa shape index (κ1) is 32.4. The van der Waals surface area contributed by atoms with Crippen molar-refractivity contribution in [2.24, 2.45) is 0 Å². The molecule has 266 valence electrons. The number of nitrogens with zero attached hydrogens (tertiary/aromatic N) is 2. The molecule has 0 radical (unpaired) electrons. The van der Waals surface area contributed by atoms with Crippen LogP contribution >= 0.6 is 22.7 Å². The number of fused-ring (bicyclic) bond motifs is 11. The lowest BCUT2D eigenvalue weighted by Gasteiger charge is -2.26. The average Bonchev–Trinajstić information content (AvgIpc) is 3.86. The first-order valence-electron chi connectivity index (χ1n) is 19.3. The Balaban J connectivity index is 0.957. The molecule has 3 aromatic heterocycles. The topological polar surface area (TPSA) is 16.1 Å². The molecule has 0 unspecified atom stereocenters. The molecular formula is C53H32N2S2. The van der Waals surface area contributed by atoms with E-state index in [4.69, 9.17) is 0 Å². The molecule has 0 amide bonds. The van der Waals surface area contributed by atoms with Crippen molar-refractivity contribution in [3.8, 4) is 22.3 Å². The summed E-state index contributed by atoms with van der Waals surface area (Å²) in [7, 11) is 0. The van der Waals surface area contributed by atoms with Crippen molar-refractivity contribution in [3.05, 3.63) is 194 Å². The van der Waals surface area contributed by atoms with Crippen LogP contribution in [0.15, 0.2) is 194 Å². The molecule has 0 saturated heterocycles. The molecule has 0 fully saturated rings. The second-order valence-electron chi connectivity index (χ2n) is 14.8. The van der Waals surface area contributed by atoms with Crippen molar-refractivity contribution in [1.29, 1.82) is 0 Å². The predicted molar refractivity (Wildman–Crippen MR) is 248 cm³/mol. The van der Waals surface area contributed by atoms with Crippen LogP contribution in [0.1, 0.15) is 0 Å². The highest BCUT2D eigenvalue weighted by Gasteiger charge is 2.17. The first-order chi connectivity index (χ1) is 28.2.